The molecule has 0 aromatic heterocycles. The number of nitrogens with one attached hydrogen (secondary N) is 1. The number of hydrogen-bond donors (Lipinski definition) is 1. The second-order valence-corrected chi connectivity index (χ2v) is 8.68. The minimum atomic E-state index is -3.54. The standard InChI is InChI=1S/C18H29N3O4S/c1-15-11-16(2)13-17(12-15)21(26(3,23)24)14-18(22)19-5-4-6-20-7-9-25-10-8-20/h11-13H,4-10,14H2,1-3H3,(H,19,22). The summed E-state index contributed by atoms with van der Waals surface area (Å²) < 4.78 is 30.8. The molecule has 0 unspecified atom stereocenters. The molecular formula is C18H29N3O4S. The number of amides is 1. The summed E-state index contributed by atoms with van der Waals surface area (Å²) in [4.78, 5) is 14.5. The molecule has 8 heteroatoms. The maximum Gasteiger partial charge on any atom is 0.240 e. The number of ether oxygens (including phenoxy) is 1. The van der Waals surface area contributed by atoms with Crippen LogP contribution in [0.25, 0.3) is 0 Å². The SMILES string of the molecule is Cc1cc(C)cc(N(CC(=O)NCCCN2CCOCC2)S(C)(=O)=O)c1. The molecule has 1 aliphatic rings. The molecule has 0 saturated carbocycles. The van der Waals surface area contributed by atoms with Gasteiger partial charge in [0.2, 0.25) is 15.9 Å². The molecule has 0 aliphatic carbocycles. The molecule has 1 aliphatic heterocycles. The molecule has 1 N–H and O–H groups in total. The zero-order chi connectivity index (χ0) is 19.2. The second-order valence-electron chi connectivity index (χ2n) is 6.77. The van der Waals surface area contributed by atoms with E-state index in [9.17, 15) is 13.2 Å². The van der Waals surface area contributed by atoms with Gasteiger partial charge in [-0.15, -0.1) is 0 Å². The van der Waals surface area contributed by atoms with Gasteiger partial charge in [-0.3, -0.25) is 14.0 Å². The number of benzene rings is 1. The van der Waals surface area contributed by atoms with Gasteiger partial charge in [-0.2, -0.15) is 0 Å². The third-order valence-electron chi connectivity index (χ3n) is 4.26. The van der Waals surface area contributed by atoms with E-state index in [-0.39, 0.29) is 12.5 Å². The highest BCUT2D eigenvalue weighted by Crippen LogP contribution is 2.21. The van der Waals surface area contributed by atoms with Gasteiger partial charge in [0.15, 0.2) is 0 Å². The van der Waals surface area contributed by atoms with Crippen LogP contribution in [0.2, 0.25) is 0 Å². The number of carbonyl (C=O) groups is 1. The highest BCUT2D eigenvalue weighted by Gasteiger charge is 2.21. The lowest BCUT2D eigenvalue weighted by Crippen LogP contribution is -2.42. The highest BCUT2D eigenvalue weighted by atomic mass is 32.2. The number of morpholine rings is 1. The van der Waals surface area contributed by atoms with Gasteiger partial charge in [0.25, 0.3) is 0 Å². The molecule has 7 nitrogen and oxygen atoms in total. The highest BCUT2D eigenvalue weighted by molar-refractivity contribution is 7.92. The Morgan fingerprint density at radius 3 is 2.38 bits per heavy atom. The van der Waals surface area contributed by atoms with Gasteiger partial charge < -0.3 is 10.1 Å². The van der Waals surface area contributed by atoms with Gasteiger partial charge in [-0.05, 0) is 50.1 Å². The monoisotopic (exact) mass is 383 g/mol. The molecule has 1 amide bonds. The van der Waals surface area contributed by atoms with E-state index in [4.69, 9.17) is 4.74 Å². The van der Waals surface area contributed by atoms with Crippen molar-refractivity contribution >= 4 is 21.6 Å². The van der Waals surface area contributed by atoms with Crippen LogP contribution in [0.1, 0.15) is 17.5 Å². The van der Waals surface area contributed by atoms with Crippen LogP contribution in [-0.2, 0) is 19.6 Å². The molecule has 1 fully saturated rings. The molecule has 1 aromatic carbocycles. The number of nitrogens with zero attached hydrogens (tertiary/aromatic N) is 2. The van der Waals surface area contributed by atoms with Gasteiger partial charge >= 0.3 is 0 Å². The molecule has 0 radical (unpaired) electrons. The van der Waals surface area contributed by atoms with E-state index >= 15 is 0 Å². The molecule has 2 rings (SSSR count). The van der Waals surface area contributed by atoms with E-state index in [0.717, 1.165) is 61.0 Å². The normalized spacial score (nSPS) is 15.7. The van der Waals surface area contributed by atoms with Gasteiger partial charge in [0.05, 0.1) is 25.2 Å². The minimum Gasteiger partial charge on any atom is -0.379 e. The van der Waals surface area contributed by atoms with Crippen molar-refractivity contribution in [3.05, 3.63) is 29.3 Å². The summed E-state index contributed by atoms with van der Waals surface area (Å²) in [7, 11) is -3.54. The van der Waals surface area contributed by atoms with Crippen LogP contribution in [0, 0.1) is 13.8 Å². The van der Waals surface area contributed by atoms with Crippen LogP contribution in [0.4, 0.5) is 5.69 Å². The average Bonchev–Trinajstić information content (AvgIpc) is 2.55. The summed E-state index contributed by atoms with van der Waals surface area (Å²) in [6.07, 6.45) is 1.95. The van der Waals surface area contributed by atoms with Crippen LogP contribution < -0.4 is 9.62 Å². The molecule has 26 heavy (non-hydrogen) atoms. The van der Waals surface area contributed by atoms with Crippen LogP contribution in [0.5, 0.6) is 0 Å². The average molecular weight is 384 g/mol. The zero-order valence-electron chi connectivity index (χ0n) is 15.8. The first-order valence-corrected chi connectivity index (χ1v) is 10.7. The van der Waals surface area contributed by atoms with E-state index in [1.807, 2.05) is 19.9 Å². The largest absolute Gasteiger partial charge is 0.379 e. The van der Waals surface area contributed by atoms with Crippen molar-refractivity contribution in [1.82, 2.24) is 10.2 Å². The lowest BCUT2D eigenvalue weighted by atomic mass is 10.1. The number of rotatable bonds is 8. The van der Waals surface area contributed by atoms with Crippen molar-refractivity contribution in [1.29, 1.82) is 0 Å². The molecule has 1 saturated heterocycles. The van der Waals surface area contributed by atoms with Crippen molar-refractivity contribution in [3.8, 4) is 0 Å². The lowest BCUT2D eigenvalue weighted by Gasteiger charge is -2.26. The summed E-state index contributed by atoms with van der Waals surface area (Å²) in [6.45, 7) is 8.38. The van der Waals surface area contributed by atoms with Crippen molar-refractivity contribution in [2.24, 2.45) is 0 Å². The number of anilines is 1. The quantitative estimate of drug-likeness (QED) is 0.675. The second kappa shape index (κ2) is 9.34. The Hall–Kier alpha value is -1.64. The molecular weight excluding hydrogens is 354 g/mol. The third-order valence-corrected chi connectivity index (χ3v) is 5.40. The molecule has 1 heterocycles. The predicted octanol–water partition coefficient (Wildman–Crippen LogP) is 0.908. The van der Waals surface area contributed by atoms with Crippen LogP contribution in [0.3, 0.4) is 0 Å². The van der Waals surface area contributed by atoms with Crippen molar-refractivity contribution in [2.45, 2.75) is 20.3 Å². The Morgan fingerprint density at radius 1 is 1.19 bits per heavy atom. The van der Waals surface area contributed by atoms with Crippen molar-refractivity contribution < 1.29 is 17.9 Å². The summed E-state index contributed by atoms with van der Waals surface area (Å²) in [5.41, 5.74) is 2.44. The Labute approximate surface area is 156 Å². The number of aryl methyl sites for hydroxylation is 2. The molecule has 0 atom stereocenters. The van der Waals surface area contributed by atoms with Crippen molar-refractivity contribution in [3.63, 3.8) is 0 Å². The molecule has 0 bridgehead atoms. The fraction of sp³-hybridized carbons (Fsp3) is 0.611. The first-order valence-electron chi connectivity index (χ1n) is 8.88. The molecule has 146 valence electrons. The van der Waals surface area contributed by atoms with Crippen LogP contribution in [0.15, 0.2) is 18.2 Å². The molecule has 1 aromatic rings. The first-order chi connectivity index (χ1) is 12.3. The molecule has 0 spiro atoms. The topological polar surface area (TPSA) is 79.0 Å². The Balaban J connectivity index is 1.88. The maximum absolute atomic E-state index is 12.2. The fourth-order valence-corrected chi connectivity index (χ4v) is 3.88. The van der Waals surface area contributed by atoms with Gasteiger partial charge in [-0.1, -0.05) is 6.07 Å². The van der Waals surface area contributed by atoms with E-state index in [0.29, 0.717) is 12.2 Å². The van der Waals surface area contributed by atoms with E-state index in [2.05, 4.69) is 10.2 Å². The number of carbonyl (C=O) groups excluding carboxylic acids is 1. The van der Waals surface area contributed by atoms with E-state index in [1.54, 1.807) is 12.1 Å². The summed E-state index contributed by atoms with van der Waals surface area (Å²) in [5, 5.41) is 2.82. The van der Waals surface area contributed by atoms with Crippen LogP contribution in [-0.4, -0.2) is 71.4 Å². The smallest absolute Gasteiger partial charge is 0.240 e. The van der Waals surface area contributed by atoms with E-state index in [1.165, 1.54) is 0 Å². The zero-order valence-corrected chi connectivity index (χ0v) is 16.6. The third kappa shape index (κ3) is 6.59. The van der Waals surface area contributed by atoms with Crippen LogP contribution >= 0.6 is 0 Å². The van der Waals surface area contributed by atoms with E-state index < -0.39 is 10.0 Å². The Bertz CT molecular complexity index is 695. The maximum atomic E-state index is 12.2. The van der Waals surface area contributed by atoms with Gasteiger partial charge in [0.1, 0.15) is 6.54 Å². The summed E-state index contributed by atoms with van der Waals surface area (Å²) >= 11 is 0. The Morgan fingerprint density at radius 2 is 1.81 bits per heavy atom. The lowest BCUT2D eigenvalue weighted by molar-refractivity contribution is -0.119. The van der Waals surface area contributed by atoms with Gasteiger partial charge in [0, 0.05) is 19.6 Å². The minimum absolute atomic E-state index is 0.209. The predicted molar refractivity (Wildman–Crippen MR) is 103 cm³/mol. The summed E-state index contributed by atoms with van der Waals surface area (Å²) in [6, 6.07) is 5.52. The van der Waals surface area contributed by atoms with Gasteiger partial charge in [-0.25, -0.2) is 8.42 Å². The first kappa shape index (κ1) is 20.7. The van der Waals surface area contributed by atoms with Crippen molar-refractivity contribution in [2.75, 3.05) is 56.5 Å². The number of hydrogen-bond acceptors (Lipinski definition) is 5. The summed E-state index contributed by atoms with van der Waals surface area (Å²) in [5.74, 6) is -0.295. The fourth-order valence-electron chi connectivity index (χ4n) is 3.04. The Kier molecular flexibility index (Phi) is 7.43. The number of sulfonamides is 1.